The monoisotopic (exact) mass is 328 g/mol. The number of amides is 1. The van der Waals surface area contributed by atoms with E-state index < -0.39 is 0 Å². The Hall–Kier alpha value is -1.95. The number of carbonyl (C=O) groups is 1. The van der Waals surface area contributed by atoms with Gasteiger partial charge in [-0.25, -0.2) is 9.67 Å². The van der Waals surface area contributed by atoms with Crippen molar-refractivity contribution in [2.75, 3.05) is 26.3 Å². The zero-order valence-electron chi connectivity index (χ0n) is 14.4. The molecule has 4 heterocycles. The van der Waals surface area contributed by atoms with Crippen LogP contribution in [0.3, 0.4) is 0 Å². The molecule has 4 rings (SSSR count). The molecule has 1 amide bonds. The van der Waals surface area contributed by atoms with Gasteiger partial charge in [0.05, 0.1) is 17.5 Å². The van der Waals surface area contributed by atoms with Crippen molar-refractivity contribution in [2.45, 2.75) is 39.7 Å². The van der Waals surface area contributed by atoms with Gasteiger partial charge in [0.2, 0.25) is 0 Å². The van der Waals surface area contributed by atoms with Crippen molar-refractivity contribution < 1.29 is 9.53 Å². The molecule has 2 aromatic heterocycles. The SMILES string of the molecule is CCn1ncc2cc(C(=O)N3CCC4(CCOCC4)C3)c(C)nc21. The molecule has 2 saturated heterocycles. The van der Waals surface area contributed by atoms with E-state index in [4.69, 9.17) is 4.74 Å². The summed E-state index contributed by atoms with van der Waals surface area (Å²) in [5.41, 5.74) is 2.62. The molecule has 0 bridgehead atoms. The minimum absolute atomic E-state index is 0.106. The molecule has 1 spiro atoms. The number of nitrogens with zero attached hydrogens (tertiary/aromatic N) is 4. The normalized spacial score (nSPS) is 20.2. The highest BCUT2D eigenvalue weighted by Gasteiger charge is 2.41. The maximum atomic E-state index is 13.0. The van der Waals surface area contributed by atoms with E-state index in [-0.39, 0.29) is 11.3 Å². The lowest BCUT2D eigenvalue weighted by atomic mass is 9.80. The van der Waals surface area contributed by atoms with Gasteiger partial charge in [-0.15, -0.1) is 0 Å². The van der Waals surface area contributed by atoms with E-state index in [2.05, 4.69) is 10.1 Å². The quantitative estimate of drug-likeness (QED) is 0.849. The highest BCUT2D eigenvalue weighted by molar-refractivity contribution is 5.98. The average Bonchev–Trinajstić information content (AvgIpc) is 3.18. The summed E-state index contributed by atoms with van der Waals surface area (Å²) in [6.45, 7) is 8.07. The molecular weight excluding hydrogens is 304 g/mol. The maximum Gasteiger partial charge on any atom is 0.255 e. The summed E-state index contributed by atoms with van der Waals surface area (Å²) in [6.07, 6.45) is 5.02. The zero-order valence-corrected chi connectivity index (χ0v) is 14.4. The Morgan fingerprint density at radius 1 is 1.33 bits per heavy atom. The van der Waals surface area contributed by atoms with Gasteiger partial charge in [-0.05, 0) is 44.6 Å². The van der Waals surface area contributed by atoms with Gasteiger partial charge in [-0.2, -0.15) is 5.10 Å². The van der Waals surface area contributed by atoms with Gasteiger partial charge in [-0.3, -0.25) is 4.79 Å². The number of ether oxygens (including phenoxy) is 1. The first-order valence-corrected chi connectivity index (χ1v) is 8.82. The molecule has 0 unspecified atom stereocenters. The Bertz CT molecular complexity index is 777. The van der Waals surface area contributed by atoms with E-state index in [0.29, 0.717) is 5.56 Å². The molecule has 24 heavy (non-hydrogen) atoms. The van der Waals surface area contributed by atoms with Crippen LogP contribution in [0.4, 0.5) is 0 Å². The van der Waals surface area contributed by atoms with Crippen molar-refractivity contribution in [1.82, 2.24) is 19.7 Å². The van der Waals surface area contributed by atoms with Gasteiger partial charge in [0.25, 0.3) is 5.91 Å². The van der Waals surface area contributed by atoms with Crippen molar-refractivity contribution >= 4 is 16.9 Å². The van der Waals surface area contributed by atoms with Crippen molar-refractivity contribution in [3.8, 4) is 0 Å². The number of aryl methyl sites for hydroxylation is 2. The summed E-state index contributed by atoms with van der Waals surface area (Å²) >= 11 is 0. The third kappa shape index (κ3) is 2.49. The van der Waals surface area contributed by atoms with Crippen LogP contribution in [-0.2, 0) is 11.3 Å². The number of hydrogen-bond donors (Lipinski definition) is 0. The van der Waals surface area contributed by atoms with Crippen LogP contribution < -0.4 is 0 Å². The van der Waals surface area contributed by atoms with Gasteiger partial charge in [0.15, 0.2) is 5.65 Å². The van der Waals surface area contributed by atoms with Crippen molar-refractivity contribution in [3.05, 3.63) is 23.5 Å². The van der Waals surface area contributed by atoms with Gasteiger partial charge >= 0.3 is 0 Å². The number of aromatic nitrogens is 3. The fraction of sp³-hybridized carbons (Fsp3) is 0.611. The van der Waals surface area contributed by atoms with Crippen LogP contribution in [0.1, 0.15) is 42.2 Å². The predicted octanol–water partition coefficient (Wildman–Crippen LogP) is 2.40. The minimum Gasteiger partial charge on any atom is -0.381 e. The number of rotatable bonds is 2. The molecule has 0 radical (unpaired) electrons. The van der Waals surface area contributed by atoms with Gasteiger partial charge < -0.3 is 9.64 Å². The van der Waals surface area contributed by atoms with Crippen LogP contribution in [0.15, 0.2) is 12.3 Å². The molecule has 2 aliphatic rings. The van der Waals surface area contributed by atoms with Gasteiger partial charge in [0, 0.05) is 38.2 Å². The summed E-state index contributed by atoms with van der Waals surface area (Å²) in [5.74, 6) is 0.106. The third-order valence-electron chi connectivity index (χ3n) is 5.61. The zero-order chi connectivity index (χ0) is 16.7. The Labute approximate surface area is 141 Å². The second-order valence-corrected chi connectivity index (χ2v) is 7.08. The van der Waals surface area contributed by atoms with E-state index >= 15 is 0 Å². The molecule has 0 saturated carbocycles. The fourth-order valence-corrected chi connectivity index (χ4v) is 4.04. The Morgan fingerprint density at radius 3 is 2.88 bits per heavy atom. The first-order chi connectivity index (χ1) is 11.6. The topological polar surface area (TPSA) is 60.2 Å². The molecular formula is C18H24N4O2. The number of likely N-dealkylation sites (tertiary alicyclic amines) is 1. The summed E-state index contributed by atoms with van der Waals surface area (Å²) < 4.78 is 7.36. The highest BCUT2D eigenvalue weighted by atomic mass is 16.5. The van der Waals surface area contributed by atoms with Gasteiger partial charge in [-0.1, -0.05) is 0 Å². The molecule has 0 aliphatic carbocycles. The maximum absolute atomic E-state index is 13.0. The lowest BCUT2D eigenvalue weighted by molar-refractivity contribution is 0.0191. The molecule has 2 aromatic rings. The summed E-state index contributed by atoms with van der Waals surface area (Å²) in [4.78, 5) is 19.7. The van der Waals surface area contributed by atoms with Crippen molar-refractivity contribution in [3.63, 3.8) is 0 Å². The smallest absolute Gasteiger partial charge is 0.255 e. The molecule has 2 fully saturated rings. The Morgan fingerprint density at radius 2 is 2.12 bits per heavy atom. The number of fused-ring (bicyclic) bond motifs is 1. The number of carbonyl (C=O) groups excluding carboxylic acids is 1. The second kappa shape index (κ2) is 5.84. The van der Waals surface area contributed by atoms with Crippen molar-refractivity contribution in [1.29, 1.82) is 0 Å². The molecule has 0 aromatic carbocycles. The lowest BCUT2D eigenvalue weighted by Crippen LogP contribution is -2.35. The third-order valence-corrected chi connectivity index (χ3v) is 5.61. The number of hydrogen-bond acceptors (Lipinski definition) is 4. The largest absolute Gasteiger partial charge is 0.381 e. The first kappa shape index (κ1) is 15.6. The van der Waals surface area contributed by atoms with E-state index in [1.54, 1.807) is 6.20 Å². The molecule has 6 heteroatoms. The van der Waals surface area contributed by atoms with Crippen molar-refractivity contribution in [2.24, 2.45) is 5.41 Å². The van der Waals surface area contributed by atoms with E-state index in [9.17, 15) is 4.79 Å². The summed E-state index contributed by atoms with van der Waals surface area (Å²) in [7, 11) is 0. The molecule has 0 atom stereocenters. The molecule has 2 aliphatic heterocycles. The molecule has 0 N–H and O–H groups in total. The van der Waals surface area contributed by atoms with Crippen LogP contribution in [0, 0.1) is 12.3 Å². The lowest BCUT2D eigenvalue weighted by Gasteiger charge is -2.33. The molecule has 6 nitrogen and oxygen atoms in total. The second-order valence-electron chi connectivity index (χ2n) is 7.08. The summed E-state index contributed by atoms with van der Waals surface area (Å²) in [6, 6.07) is 1.95. The van der Waals surface area contributed by atoms with Gasteiger partial charge in [0.1, 0.15) is 0 Å². The van der Waals surface area contributed by atoms with Crippen LogP contribution in [0.5, 0.6) is 0 Å². The van der Waals surface area contributed by atoms with E-state index in [1.165, 1.54) is 0 Å². The van der Waals surface area contributed by atoms with Crippen LogP contribution in [0.25, 0.3) is 11.0 Å². The Balaban J connectivity index is 1.60. The van der Waals surface area contributed by atoms with Crippen LogP contribution in [-0.4, -0.2) is 51.9 Å². The summed E-state index contributed by atoms with van der Waals surface area (Å²) in [5, 5.41) is 5.27. The Kier molecular flexibility index (Phi) is 3.79. The predicted molar refractivity (Wildman–Crippen MR) is 90.9 cm³/mol. The standard InChI is InChI=1S/C18H24N4O2/c1-3-22-16-14(11-19-22)10-15(13(2)20-16)17(23)21-7-4-18(12-21)5-8-24-9-6-18/h10-11H,3-9,12H2,1-2H3. The fourth-order valence-electron chi connectivity index (χ4n) is 4.04. The average molecular weight is 328 g/mol. The number of pyridine rings is 1. The van der Waals surface area contributed by atoms with Crippen LogP contribution >= 0.6 is 0 Å². The van der Waals surface area contributed by atoms with Crippen LogP contribution in [0.2, 0.25) is 0 Å². The highest BCUT2D eigenvalue weighted by Crippen LogP contribution is 2.40. The minimum atomic E-state index is 0.106. The first-order valence-electron chi connectivity index (χ1n) is 8.82. The van der Waals surface area contributed by atoms with E-state index in [1.807, 2.05) is 29.5 Å². The van der Waals surface area contributed by atoms with E-state index in [0.717, 1.165) is 68.8 Å². The molecule has 128 valence electrons.